The summed E-state index contributed by atoms with van der Waals surface area (Å²) in [4.78, 5) is 12.2. The molecule has 24 heavy (non-hydrogen) atoms. The zero-order valence-corrected chi connectivity index (χ0v) is 14.6. The standard InChI is InChI=1S/C20H14BrNO2/c1-24-20(23)16-7-3-5-9-18(16)22-17-8-4-2-6-14(17)15-11-10-13(21)12-19(15)22/h2-12H,1H3. The van der Waals surface area contributed by atoms with Gasteiger partial charge in [-0.05, 0) is 30.3 Å². The fourth-order valence-electron chi connectivity index (χ4n) is 3.15. The van der Waals surface area contributed by atoms with Crippen molar-refractivity contribution in [1.82, 2.24) is 4.57 Å². The molecule has 0 aliphatic carbocycles. The largest absolute Gasteiger partial charge is 0.465 e. The van der Waals surface area contributed by atoms with Gasteiger partial charge in [0.2, 0.25) is 0 Å². The first-order valence-electron chi connectivity index (χ1n) is 7.57. The lowest BCUT2D eigenvalue weighted by atomic mass is 10.1. The highest BCUT2D eigenvalue weighted by Gasteiger charge is 2.17. The lowest BCUT2D eigenvalue weighted by Crippen LogP contribution is -2.07. The van der Waals surface area contributed by atoms with Crippen molar-refractivity contribution in [3.8, 4) is 5.69 Å². The number of benzene rings is 3. The number of hydrogen-bond donors (Lipinski definition) is 0. The molecule has 0 radical (unpaired) electrons. The zero-order chi connectivity index (χ0) is 16.7. The highest BCUT2D eigenvalue weighted by molar-refractivity contribution is 9.10. The summed E-state index contributed by atoms with van der Waals surface area (Å²) in [5.41, 5.74) is 3.46. The molecule has 0 aliphatic heterocycles. The van der Waals surface area contributed by atoms with Crippen molar-refractivity contribution in [3.05, 3.63) is 76.8 Å². The molecule has 1 aromatic heterocycles. The van der Waals surface area contributed by atoms with Gasteiger partial charge >= 0.3 is 5.97 Å². The lowest BCUT2D eigenvalue weighted by molar-refractivity contribution is 0.0601. The van der Waals surface area contributed by atoms with Crippen molar-refractivity contribution in [2.45, 2.75) is 0 Å². The smallest absolute Gasteiger partial charge is 0.339 e. The van der Waals surface area contributed by atoms with Crippen LogP contribution in [0.25, 0.3) is 27.5 Å². The number of esters is 1. The molecular weight excluding hydrogens is 366 g/mol. The number of ether oxygens (including phenoxy) is 1. The first-order chi connectivity index (χ1) is 11.7. The SMILES string of the molecule is COC(=O)c1ccccc1-n1c2ccccc2c2ccc(Br)cc21. The van der Waals surface area contributed by atoms with Gasteiger partial charge in [0.25, 0.3) is 0 Å². The molecule has 0 atom stereocenters. The Morgan fingerprint density at radius 1 is 0.917 bits per heavy atom. The van der Waals surface area contributed by atoms with Gasteiger partial charge in [0, 0.05) is 15.2 Å². The highest BCUT2D eigenvalue weighted by atomic mass is 79.9. The molecule has 0 amide bonds. The van der Waals surface area contributed by atoms with E-state index in [2.05, 4.69) is 44.8 Å². The molecule has 118 valence electrons. The zero-order valence-electron chi connectivity index (χ0n) is 13.0. The van der Waals surface area contributed by atoms with E-state index in [1.807, 2.05) is 36.4 Å². The number of fused-ring (bicyclic) bond motifs is 3. The summed E-state index contributed by atoms with van der Waals surface area (Å²) in [7, 11) is 1.40. The van der Waals surface area contributed by atoms with Crippen LogP contribution in [0.1, 0.15) is 10.4 Å². The van der Waals surface area contributed by atoms with Gasteiger partial charge in [0.1, 0.15) is 0 Å². The van der Waals surface area contributed by atoms with Crippen LogP contribution in [0.2, 0.25) is 0 Å². The van der Waals surface area contributed by atoms with Crippen LogP contribution in [-0.4, -0.2) is 17.6 Å². The molecule has 0 saturated heterocycles. The summed E-state index contributed by atoms with van der Waals surface area (Å²) >= 11 is 3.55. The highest BCUT2D eigenvalue weighted by Crippen LogP contribution is 2.34. The Morgan fingerprint density at radius 2 is 1.62 bits per heavy atom. The van der Waals surface area contributed by atoms with Crippen LogP contribution in [0, 0.1) is 0 Å². The molecule has 0 saturated carbocycles. The van der Waals surface area contributed by atoms with Gasteiger partial charge < -0.3 is 9.30 Å². The first-order valence-corrected chi connectivity index (χ1v) is 8.36. The molecule has 0 N–H and O–H groups in total. The second-order valence-electron chi connectivity index (χ2n) is 5.52. The van der Waals surface area contributed by atoms with Crippen LogP contribution in [0.4, 0.5) is 0 Å². The van der Waals surface area contributed by atoms with Gasteiger partial charge in [0.05, 0.1) is 29.4 Å². The van der Waals surface area contributed by atoms with Gasteiger partial charge in [-0.15, -0.1) is 0 Å². The van der Waals surface area contributed by atoms with Crippen LogP contribution >= 0.6 is 15.9 Å². The summed E-state index contributed by atoms with van der Waals surface area (Å²) < 4.78 is 8.07. The fraction of sp³-hybridized carbons (Fsp3) is 0.0500. The Hall–Kier alpha value is -2.59. The summed E-state index contributed by atoms with van der Waals surface area (Å²) in [5, 5.41) is 2.30. The molecule has 4 aromatic rings. The van der Waals surface area contributed by atoms with E-state index in [-0.39, 0.29) is 5.97 Å². The lowest BCUT2D eigenvalue weighted by Gasteiger charge is -2.12. The van der Waals surface area contributed by atoms with Crippen molar-refractivity contribution in [2.75, 3.05) is 7.11 Å². The molecule has 3 aromatic carbocycles. The summed E-state index contributed by atoms with van der Waals surface area (Å²) in [6.07, 6.45) is 0. The molecule has 0 bridgehead atoms. The molecule has 0 fully saturated rings. The van der Waals surface area contributed by atoms with Crippen molar-refractivity contribution < 1.29 is 9.53 Å². The van der Waals surface area contributed by atoms with Crippen molar-refractivity contribution in [2.24, 2.45) is 0 Å². The van der Waals surface area contributed by atoms with E-state index >= 15 is 0 Å². The number of rotatable bonds is 2. The molecule has 1 heterocycles. The minimum absolute atomic E-state index is 0.341. The van der Waals surface area contributed by atoms with Crippen LogP contribution in [0.15, 0.2) is 71.2 Å². The van der Waals surface area contributed by atoms with E-state index in [0.29, 0.717) is 5.56 Å². The predicted molar refractivity (Wildman–Crippen MR) is 99.8 cm³/mol. The monoisotopic (exact) mass is 379 g/mol. The molecule has 4 rings (SSSR count). The molecule has 4 heteroatoms. The Morgan fingerprint density at radius 3 is 2.46 bits per heavy atom. The maximum absolute atomic E-state index is 12.2. The van der Waals surface area contributed by atoms with E-state index in [0.717, 1.165) is 32.0 Å². The minimum Gasteiger partial charge on any atom is -0.465 e. The molecule has 0 unspecified atom stereocenters. The van der Waals surface area contributed by atoms with E-state index in [1.165, 1.54) is 7.11 Å². The van der Waals surface area contributed by atoms with Gasteiger partial charge in [-0.25, -0.2) is 4.79 Å². The summed E-state index contributed by atoms with van der Waals surface area (Å²) in [6.45, 7) is 0. The number of carbonyl (C=O) groups is 1. The van der Waals surface area contributed by atoms with E-state index < -0.39 is 0 Å². The quantitative estimate of drug-likeness (QED) is 0.440. The Balaban J connectivity index is 2.17. The third-order valence-corrected chi connectivity index (χ3v) is 4.68. The Kier molecular flexibility index (Phi) is 3.62. The van der Waals surface area contributed by atoms with E-state index in [4.69, 9.17) is 4.74 Å². The van der Waals surface area contributed by atoms with Crippen molar-refractivity contribution >= 4 is 43.7 Å². The van der Waals surface area contributed by atoms with E-state index in [1.54, 1.807) is 6.07 Å². The number of carbonyl (C=O) groups excluding carboxylic acids is 1. The number of hydrogen-bond acceptors (Lipinski definition) is 2. The average molecular weight is 380 g/mol. The van der Waals surface area contributed by atoms with Crippen molar-refractivity contribution in [1.29, 1.82) is 0 Å². The van der Waals surface area contributed by atoms with Gasteiger partial charge in [-0.2, -0.15) is 0 Å². The number of methoxy groups -OCH3 is 1. The maximum atomic E-state index is 12.2. The molecule has 0 spiro atoms. The van der Waals surface area contributed by atoms with Gasteiger partial charge in [-0.1, -0.05) is 52.3 Å². The second-order valence-corrected chi connectivity index (χ2v) is 6.44. The number of para-hydroxylation sites is 2. The summed E-state index contributed by atoms with van der Waals surface area (Å²) in [5.74, 6) is -0.341. The topological polar surface area (TPSA) is 31.2 Å². The van der Waals surface area contributed by atoms with Crippen LogP contribution in [0.3, 0.4) is 0 Å². The van der Waals surface area contributed by atoms with Crippen LogP contribution < -0.4 is 0 Å². The molecule has 0 aliphatic rings. The fourth-order valence-corrected chi connectivity index (χ4v) is 3.50. The van der Waals surface area contributed by atoms with Crippen LogP contribution in [0.5, 0.6) is 0 Å². The second kappa shape index (κ2) is 5.80. The maximum Gasteiger partial charge on any atom is 0.339 e. The third-order valence-electron chi connectivity index (χ3n) is 4.19. The van der Waals surface area contributed by atoms with Gasteiger partial charge in [0.15, 0.2) is 0 Å². The number of aromatic nitrogens is 1. The molecular formula is C20H14BrNO2. The predicted octanol–water partition coefficient (Wildman–Crippen LogP) is 5.33. The van der Waals surface area contributed by atoms with E-state index in [9.17, 15) is 4.79 Å². The Labute approximate surface area is 147 Å². The number of nitrogens with zero attached hydrogens (tertiary/aromatic N) is 1. The minimum atomic E-state index is -0.341. The Bertz CT molecular complexity index is 1080. The van der Waals surface area contributed by atoms with Crippen LogP contribution in [-0.2, 0) is 4.74 Å². The average Bonchev–Trinajstić information content (AvgIpc) is 2.94. The number of halogens is 1. The third kappa shape index (κ3) is 2.22. The van der Waals surface area contributed by atoms with Gasteiger partial charge in [-0.3, -0.25) is 0 Å². The summed E-state index contributed by atoms with van der Waals surface area (Å²) in [6, 6.07) is 21.9. The normalized spacial score (nSPS) is 11.1. The first kappa shape index (κ1) is 15.0. The molecule has 3 nitrogen and oxygen atoms in total. The van der Waals surface area contributed by atoms with Crippen molar-refractivity contribution in [3.63, 3.8) is 0 Å².